The number of piperidine rings is 1. The molecule has 1 amide bonds. The van der Waals surface area contributed by atoms with Crippen LogP contribution in [0.5, 0.6) is 0 Å². The summed E-state index contributed by atoms with van der Waals surface area (Å²) in [5.41, 5.74) is 0.270. The maximum absolute atomic E-state index is 12.3. The predicted octanol–water partition coefficient (Wildman–Crippen LogP) is 3.93. The first-order valence-corrected chi connectivity index (χ1v) is 10.8. The number of likely N-dealkylation sites (tertiary alicyclic amines) is 1. The molecule has 144 valence electrons. The van der Waals surface area contributed by atoms with E-state index in [9.17, 15) is 9.59 Å². The van der Waals surface area contributed by atoms with Gasteiger partial charge < -0.3 is 9.64 Å². The molecule has 5 fully saturated rings. The summed E-state index contributed by atoms with van der Waals surface area (Å²) < 4.78 is 6.03. The number of carbonyl (C=O) groups excluding carboxylic acids is 2. The SMILES string of the molecule is CN1C(=O)CC[C@@]2(C)C1CC[C@@H]1[C@@H]2CC[C@@]2(C)[C@H]1CC[C@@]21CCC(=O)O1. The van der Waals surface area contributed by atoms with Crippen molar-refractivity contribution in [3.8, 4) is 0 Å². The number of esters is 1. The van der Waals surface area contributed by atoms with Crippen LogP contribution < -0.4 is 0 Å². The first-order valence-electron chi connectivity index (χ1n) is 10.8. The summed E-state index contributed by atoms with van der Waals surface area (Å²) in [5.74, 6) is 2.52. The summed E-state index contributed by atoms with van der Waals surface area (Å²) >= 11 is 0. The van der Waals surface area contributed by atoms with Crippen LogP contribution in [-0.2, 0) is 14.3 Å². The number of amides is 1. The molecular formula is C22H33NO3. The van der Waals surface area contributed by atoms with Crippen LogP contribution in [0.2, 0.25) is 0 Å². The third-order valence-corrected chi connectivity index (χ3v) is 9.89. The molecule has 2 heterocycles. The standard InChI is InChI=1S/C22H33NO3/c1-20-10-8-18(24)23(3)17(20)5-4-14-15(20)6-11-21(2)16(14)7-12-22(21)13-9-19(25)26-22/h14-17H,4-13H2,1-3H3/t14-,15+,16+,17?,20-,21+,22-/m1/s1. The maximum Gasteiger partial charge on any atom is 0.306 e. The van der Waals surface area contributed by atoms with Gasteiger partial charge in [0.1, 0.15) is 5.60 Å². The Morgan fingerprint density at radius 3 is 2.42 bits per heavy atom. The highest BCUT2D eigenvalue weighted by Crippen LogP contribution is 2.69. The quantitative estimate of drug-likeness (QED) is 0.616. The Morgan fingerprint density at radius 1 is 0.923 bits per heavy atom. The van der Waals surface area contributed by atoms with E-state index in [1.54, 1.807) is 0 Å². The van der Waals surface area contributed by atoms with Crippen LogP contribution in [0.4, 0.5) is 0 Å². The van der Waals surface area contributed by atoms with Crippen molar-refractivity contribution in [2.45, 2.75) is 89.7 Å². The largest absolute Gasteiger partial charge is 0.458 e. The van der Waals surface area contributed by atoms with Crippen LogP contribution in [-0.4, -0.2) is 35.5 Å². The lowest BCUT2D eigenvalue weighted by molar-refractivity contribution is -0.178. The van der Waals surface area contributed by atoms with Crippen LogP contribution in [0.25, 0.3) is 0 Å². The second kappa shape index (κ2) is 5.26. The molecule has 2 aliphatic heterocycles. The van der Waals surface area contributed by atoms with Gasteiger partial charge in [0.15, 0.2) is 0 Å². The van der Waals surface area contributed by atoms with E-state index >= 15 is 0 Å². The van der Waals surface area contributed by atoms with Gasteiger partial charge in [0, 0.05) is 31.3 Å². The van der Waals surface area contributed by atoms with Crippen molar-refractivity contribution in [1.29, 1.82) is 0 Å². The lowest BCUT2D eigenvalue weighted by Crippen LogP contribution is -2.62. The Kier molecular flexibility index (Phi) is 3.45. The average molecular weight is 360 g/mol. The zero-order chi connectivity index (χ0) is 18.3. The Hall–Kier alpha value is -1.06. The number of hydrogen-bond acceptors (Lipinski definition) is 3. The highest BCUT2D eigenvalue weighted by Gasteiger charge is 2.67. The van der Waals surface area contributed by atoms with Crippen molar-refractivity contribution in [2.75, 3.05) is 7.05 Å². The van der Waals surface area contributed by atoms with Gasteiger partial charge in [0.2, 0.25) is 5.91 Å². The molecule has 26 heavy (non-hydrogen) atoms. The molecule has 5 aliphatic rings. The number of carbonyl (C=O) groups is 2. The zero-order valence-electron chi connectivity index (χ0n) is 16.6. The molecule has 2 saturated heterocycles. The lowest BCUT2D eigenvalue weighted by Gasteiger charge is -2.62. The summed E-state index contributed by atoms with van der Waals surface area (Å²) in [6, 6.07) is 0.425. The molecule has 4 nitrogen and oxygen atoms in total. The zero-order valence-corrected chi connectivity index (χ0v) is 16.6. The average Bonchev–Trinajstić information content (AvgIpc) is 3.13. The normalized spacial score (nSPS) is 53.3. The van der Waals surface area contributed by atoms with Crippen molar-refractivity contribution in [2.24, 2.45) is 28.6 Å². The Labute approximate surface area is 157 Å². The number of rotatable bonds is 0. The van der Waals surface area contributed by atoms with Crippen LogP contribution in [0, 0.1) is 28.6 Å². The topological polar surface area (TPSA) is 46.6 Å². The summed E-state index contributed by atoms with van der Waals surface area (Å²) in [4.78, 5) is 26.3. The van der Waals surface area contributed by atoms with Gasteiger partial charge in [0.25, 0.3) is 0 Å². The first-order chi connectivity index (χ1) is 12.3. The molecule has 3 aliphatic carbocycles. The van der Waals surface area contributed by atoms with Gasteiger partial charge in [-0.1, -0.05) is 13.8 Å². The van der Waals surface area contributed by atoms with E-state index in [2.05, 4.69) is 18.7 Å². The molecule has 0 bridgehead atoms. The highest BCUT2D eigenvalue weighted by atomic mass is 16.6. The minimum Gasteiger partial charge on any atom is -0.458 e. The van der Waals surface area contributed by atoms with Crippen molar-refractivity contribution in [3.63, 3.8) is 0 Å². The molecule has 7 atom stereocenters. The molecule has 1 unspecified atom stereocenters. The molecule has 0 aromatic heterocycles. The number of nitrogens with zero attached hydrogens (tertiary/aromatic N) is 1. The van der Waals surface area contributed by atoms with Crippen molar-refractivity contribution in [1.82, 2.24) is 4.90 Å². The molecule has 3 saturated carbocycles. The van der Waals surface area contributed by atoms with Crippen LogP contribution in [0.1, 0.15) is 78.1 Å². The lowest BCUT2D eigenvalue weighted by atomic mass is 9.46. The molecule has 0 N–H and O–H groups in total. The first kappa shape index (κ1) is 17.1. The molecular weight excluding hydrogens is 326 g/mol. The monoisotopic (exact) mass is 359 g/mol. The number of ether oxygens (including phenoxy) is 1. The van der Waals surface area contributed by atoms with Gasteiger partial charge in [-0.2, -0.15) is 0 Å². The third kappa shape index (κ3) is 1.91. The van der Waals surface area contributed by atoms with E-state index in [0.29, 0.717) is 24.3 Å². The van der Waals surface area contributed by atoms with Crippen LogP contribution in [0.15, 0.2) is 0 Å². The minimum absolute atomic E-state index is 0.0251. The number of hydrogen-bond donors (Lipinski definition) is 0. The Balaban J connectivity index is 1.46. The Bertz CT molecular complexity index is 660. The van der Waals surface area contributed by atoms with E-state index in [-0.39, 0.29) is 22.4 Å². The van der Waals surface area contributed by atoms with E-state index < -0.39 is 0 Å². The van der Waals surface area contributed by atoms with Crippen molar-refractivity contribution in [3.05, 3.63) is 0 Å². The summed E-state index contributed by atoms with van der Waals surface area (Å²) in [5, 5.41) is 0. The second-order valence-electron chi connectivity index (χ2n) is 10.4. The van der Waals surface area contributed by atoms with Crippen LogP contribution in [0.3, 0.4) is 0 Å². The molecule has 0 radical (unpaired) electrons. The molecule has 5 rings (SSSR count). The van der Waals surface area contributed by atoms with Gasteiger partial charge in [-0.3, -0.25) is 9.59 Å². The number of fused-ring (bicyclic) bond motifs is 6. The van der Waals surface area contributed by atoms with E-state index in [0.717, 1.165) is 43.9 Å². The third-order valence-electron chi connectivity index (χ3n) is 9.89. The smallest absolute Gasteiger partial charge is 0.306 e. The molecule has 0 aromatic carbocycles. The fourth-order valence-corrected chi connectivity index (χ4v) is 8.45. The van der Waals surface area contributed by atoms with Gasteiger partial charge in [-0.05, 0) is 74.5 Å². The van der Waals surface area contributed by atoms with Crippen molar-refractivity contribution >= 4 is 11.9 Å². The second-order valence-corrected chi connectivity index (χ2v) is 10.4. The summed E-state index contributed by atoms with van der Waals surface area (Å²) in [6.45, 7) is 4.91. The summed E-state index contributed by atoms with van der Waals surface area (Å²) in [7, 11) is 2.03. The fourth-order valence-electron chi connectivity index (χ4n) is 8.45. The van der Waals surface area contributed by atoms with Gasteiger partial charge in [-0.15, -0.1) is 0 Å². The highest BCUT2D eigenvalue weighted by molar-refractivity contribution is 5.77. The van der Waals surface area contributed by atoms with Gasteiger partial charge >= 0.3 is 5.97 Å². The van der Waals surface area contributed by atoms with Gasteiger partial charge in [0.05, 0.1) is 0 Å². The summed E-state index contributed by atoms with van der Waals surface area (Å²) in [6.07, 6.45) is 10.4. The molecule has 4 heteroatoms. The van der Waals surface area contributed by atoms with Gasteiger partial charge in [-0.25, -0.2) is 0 Å². The maximum atomic E-state index is 12.3. The molecule has 1 spiro atoms. The Morgan fingerprint density at radius 2 is 1.69 bits per heavy atom. The fraction of sp³-hybridized carbons (Fsp3) is 0.909. The van der Waals surface area contributed by atoms with E-state index in [1.807, 2.05) is 7.05 Å². The molecule has 0 aromatic rings. The van der Waals surface area contributed by atoms with Crippen LogP contribution >= 0.6 is 0 Å². The van der Waals surface area contributed by atoms with E-state index in [1.165, 1.54) is 25.7 Å². The minimum atomic E-state index is -0.170. The van der Waals surface area contributed by atoms with Crippen molar-refractivity contribution < 1.29 is 14.3 Å². The predicted molar refractivity (Wildman–Crippen MR) is 98.2 cm³/mol. The van der Waals surface area contributed by atoms with E-state index in [4.69, 9.17) is 4.74 Å².